The smallest absolute Gasteiger partial charge is 0.189 e. The van der Waals surface area contributed by atoms with Gasteiger partial charge in [0.25, 0.3) is 0 Å². The molecule has 0 radical (unpaired) electrons. The maximum Gasteiger partial charge on any atom is 0.189 e. The van der Waals surface area contributed by atoms with E-state index in [1.807, 2.05) is 19.1 Å². The fourth-order valence-electron chi connectivity index (χ4n) is 1.93. The quantitative estimate of drug-likeness (QED) is 0.368. The molecule has 2 atom stereocenters. The third-order valence-corrected chi connectivity index (χ3v) is 2.95. The van der Waals surface area contributed by atoms with Crippen molar-refractivity contribution in [2.24, 2.45) is 10.7 Å². The van der Waals surface area contributed by atoms with E-state index >= 15 is 0 Å². The zero-order valence-electron chi connectivity index (χ0n) is 10.9. The van der Waals surface area contributed by atoms with Gasteiger partial charge < -0.3 is 11.1 Å². The summed E-state index contributed by atoms with van der Waals surface area (Å²) in [7, 11) is 0. The number of nitrogens with two attached hydrogens (primary N) is 1. The van der Waals surface area contributed by atoms with E-state index in [1.165, 1.54) is 6.07 Å². The summed E-state index contributed by atoms with van der Waals surface area (Å²) in [5.74, 6) is 0.455. The molecule has 0 amide bonds. The van der Waals surface area contributed by atoms with E-state index in [-0.39, 0.29) is 41.8 Å². The molecule has 2 rings (SSSR count). The number of aliphatic imine (C=N–C) groups is 1. The van der Waals surface area contributed by atoms with Crippen LogP contribution in [0, 0.1) is 5.82 Å². The first-order chi connectivity index (χ1) is 8.58. The van der Waals surface area contributed by atoms with Gasteiger partial charge in [-0.2, -0.15) is 0 Å². The van der Waals surface area contributed by atoms with Gasteiger partial charge >= 0.3 is 0 Å². The van der Waals surface area contributed by atoms with Gasteiger partial charge in [0.1, 0.15) is 5.82 Å². The second-order valence-electron chi connectivity index (χ2n) is 4.77. The molecule has 1 fully saturated rings. The van der Waals surface area contributed by atoms with E-state index in [0.717, 1.165) is 17.6 Å². The lowest BCUT2D eigenvalue weighted by molar-refractivity contribution is 0.608. The van der Waals surface area contributed by atoms with Crippen LogP contribution in [0.3, 0.4) is 0 Å². The van der Waals surface area contributed by atoms with Crippen LogP contribution in [-0.2, 0) is 0 Å². The van der Waals surface area contributed by atoms with Gasteiger partial charge in [-0.05, 0) is 25.0 Å². The lowest BCUT2D eigenvalue weighted by Gasteiger charge is -2.06. The number of nitrogens with zero attached hydrogens (tertiary/aromatic N) is 1. The Hall–Kier alpha value is -1.11. The van der Waals surface area contributed by atoms with Crippen molar-refractivity contribution in [2.75, 3.05) is 6.54 Å². The number of nitrogens with one attached hydrogen (secondary N) is 1. The van der Waals surface area contributed by atoms with Gasteiger partial charge in [0.2, 0.25) is 0 Å². The Morgan fingerprint density at radius 2 is 2.21 bits per heavy atom. The second-order valence-corrected chi connectivity index (χ2v) is 4.77. The molecular formula is C14H19FIN3. The lowest BCUT2D eigenvalue weighted by Crippen LogP contribution is -2.34. The van der Waals surface area contributed by atoms with Gasteiger partial charge in [-0.15, -0.1) is 24.0 Å². The van der Waals surface area contributed by atoms with Gasteiger partial charge in [-0.3, -0.25) is 0 Å². The van der Waals surface area contributed by atoms with Crippen molar-refractivity contribution in [2.45, 2.75) is 25.3 Å². The normalized spacial score (nSPS) is 21.5. The Kier molecular flexibility index (Phi) is 5.78. The van der Waals surface area contributed by atoms with Crippen molar-refractivity contribution in [1.82, 2.24) is 5.32 Å². The minimum atomic E-state index is -0.149. The van der Waals surface area contributed by atoms with Gasteiger partial charge in [0, 0.05) is 12.0 Å². The molecule has 19 heavy (non-hydrogen) atoms. The van der Waals surface area contributed by atoms with E-state index in [0.29, 0.717) is 12.5 Å². The summed E-state index contributed by atoms with van der Waals surface area (Å²) >= 11 is 0. The molecule has 3 nitrogen and oxygen atoms in total. The Bertz CT molecular complexity index is 487. The molecule has 0 aliphatic heterocycles. The molecule has 5 heteroatoms. The van der Waals surface area contributed by atoms with Crippen LogP contribution in [0.15, 0.2) is 41.4 Å². The highest BCUT2D eigenvalue weighted by atomic mass is 127. The van der Waals surface area contributed by atoms with Crippen molar-refractivity contribution >= 4 is 29.9 Å². The van der Waals surface area contributed by atoms with Crippen molar-refractivity contribution in [3.05, 3.63) is 47.8 Å². The van der Waals surface area contributed by atoms with Crippen molar-refractivity contribution in [1.29, 1.82) is 0 Å². The molecule has 1 aliphatic rings. The first-order valence-electron chi connectivity index (χ1n) is 6.03. The minimum absolute atomic E-state index is 0. The largest absolute Gasteiger partial charge is 0.370 e. The van der Waals surface area contributed by atoms with Crippen LogP contribution < -0.4 is 11.1 Å². The fraction of sp³-hybridized carbons (Fsp3) is 0.357. The van der Waals surface area contributed by atoms with E-state index in [9.17, 15) is 4.39 Å². The lowest BCUT2D eigenvalue weighted by atomic mass is 10.1. The van der Waals surface area contributed by atoms with Crippen LogP contribution in [0.4, 0.5) is 4.39 Å². The minimum Gasteiger partial charge on any atom is -0.370 e. The van der Waals surface area contributed by atoms with Crippen molar-refractivity contribution in [3.63, 3.8) is 0 Å². The van der Waals surface area contributed by atoms with Crippen molar-refractivity contribution in [3.8, 4) is 0 Å². The molecule has 0 heterocycles. The topological polar surface area (TPSA) is 50.4 Å². The molecule has 1 aliphatic carbocycles. The van der Waals surface area contributed by atoms with Gasteiger partial charge in [0.15, 0.2) is 5.96 Å². The van der Waals surface area contributed by atoms with Crippen LogP contribution in [-0.4, -0.2) is 18.5 Å². The summed E-state index contributed by atoms with van der Waals surface area (Å²) in [5, 5.41) is 3.10. The number of benzene rings is 1. The van der Waals surface area contributed by atoms with Crippen LogP contribution in [0.25, 0.3) is 0 Å². The molecule has 2 unspecified atom stereocenters. The summed E-state index contributed by atoms with van der Waals surface area (Å²) in [6.07, 6.45) is 0.893. The molecule has 0 bridgehead atoms. The molecular weight excluding hydrogens is 356 g/mol. The monoisotopic (exact) mass is 375 g/mol. The molecule has 1 saturated carbocycles. The average molecular weight is 375 g/mol. The highest BCUT2D eigenvalue weighted by molar-refractivity contribution is 14.0. The Balaban J connectivity index is 0.00000180. The van der Waals surface area contributed by atoms with Gasteiger partial charge in [0.05, 0.1) is 6.54 Å². The highest BCUT2D eigenvalue weighted by Gasteiger charge is 2.40. The number of rotatable bonds is 4. The van der Waals surface area contributed by atoms with Gasteiger partial charge in [-0.25, -0.2) is 9.38 Å². The first kappa shape index (κ1) is 15.9. The third-order valence-electron chi connectivity index (χ3n) is 2.95. The third kappa shape index (κ3) is 4.49. The number of hydrogen-bond acceptors (Lipinski definition) is 1. The summed E-state index contributed by atoms with van der Waals surface area (Å²) in [5.41, 5.74) is 7.46. The summed E-state index contributed by atoms with van der Waals surface area (Å²) in [6.45, 7) is 6.18. The molecule has 3 N–H and O–H groups in total. The predicted octanol–water partition coefficient (Wildman–Crippen LogP) is 2.78. The molecule has 0 saturated heterocycles. The number of halogens is 2. The summed E-state index contributed by atoms with van der Waals surface area (Å²) in [4.78, 5) is 4.14. The van der Waals surface area contributed by atoms with E-state index < -0.39 is 0 Å². The van der Waals surface area contributed by atoms with E-state index in [2.05, 4.69) is 16.9 Å². The molecule has 1 aromatic carbocycles. The number of hydrogen-bond donors (Lipinski definition) is 2. The average Bonchev–Trinajstić information content (AvgIpc) is 3.06. The molecule has 1 aromatic rings. The van der Waals surface area contributed by atoms with Crippen molar-refractivity contribution < 1.29 is 4.39 Å². The predicted molar refractivity (Wildman–Crippen MR) is 87.4 cm³/mol. The summed E-state index contributed by atoms with van der Waals surface area (Å²) < 4.78 is 13.5. The standard InChI is InChI=1S/C14H18FN3.HI/c1-9(2)8-17-14(16)18-13-7-11(13)10-5-3-4-6-12(10)15;/h3-6,11,13H,1,7-8H2,2H3,(H3,16,17,18);1H. The Morgan fingerprint density at radius 1 is 1.53 bits per heavy atom. The first-order valence-corrected chi connectivity index (χ1v) is 6.03. The molecule has 104 valence electrons. The Labute approximate surface area is 130 Å². The second kappa shape index (κ2) is 6.88. The van der Waals surface area contributed by atoms with Crippen LogP contribution in [0.2, 0.25) is 0 Å². The zero-order valence-corrected chi connectivity index (χ0v) is 13.2. The maximum atomic E-state index is 13.5. The van der Waals surface area contributed by atoms with Crippen LogP contribution in [0.5, 0.6) is 0 Å². The zero-order chi connectivity index (χ0) is 13.1. The van der Waals surface area contributed by atoms with E-state index in [1.54, 1.807) is 6.07 Å². The van der Waals surface area contributed by atoms with Gasteiger partial charge in [-0.1, -0.05) is 30.4 Å². The maximum absolute atomic E-state index is 13.5. The van der Waals surface area contributed by atoms with E-state index in [4.69, 9.17) is 5.73 Å². The Morgan fingerprint density at radius 3 is 2.84 bits per heavy atom. The number of guanidine groups is 1. The fourth-order valence-corrected chi connectivity index (χ4v) is 1.93. The molecule has 0 aromatic heterocycles. The molecule has 0 spiro atoms. The van der Waals surface area contributed by atoms with Crippen LogP contribution in [0.1, 0.15) is 24.8 Å². The SMILES string of the molecule is C=C(C)CN=C(N)NC1CC1c1ccccc1F.I. The summed E-state index contributed by atoms with van der Waals surface area (Å²) in [6, 6.07) is 7.06. The highest BCUT2D eigenvalue weighted by Crippen LogP contribution is 2.41. The van der Waals surface area contributed by atoms with Crippen LogP contribution >= 0.6 is 24.0 Å².